The van der Waals surface area contributed by atoms with Crippen LogP contribution in [-0.4, -0.2) is 30.6 Å². The Morgan fingerprint density at radius 2 is 2.00 bits per heavy atom. The third kappa shape index (κ3) is 4.08. The summed E-state index contributed by atoms with van der Waals surface area (Å²) in [4.78, 5) is 2.65. The summed E-state index contributed by atoms with van der Waals surface area (Å²) >= 11 is 0. The minimum absolute atomic E-state index is 0.693. The number of benzene rings is 1. The minimum Gasteiger partial charge on any atom is -0.312 e. The van der Waals surface area contributed by atoms with Gasteiger partial charge in [-0.25, -0.2) is 0 Å². The number of hydrogen-bond acceptors (Lipinski definition) is 2. The lowest BCUT2D eigenvalue weighted by Gasteiger charge is -2.38. The fraction of sp³-hybridized carbons (Fsp3) is 0.684. The van der Waals surface area contributed by atoms with Gasteiger partial charge in [-0.15, -0.1) is 0 Å². The average molecular weight is 286 g/mol. The van der Waals surface area contributed by atoms with Gasteiger partial charge in [0.25, 0.3) is 0 Å². The van der Waals surface area contributed by atoms with E-state index in [1.165, 1.54) is 56.4 Å². The lowest BCUT2D eigenvalue weighted by molar-refractivity contribution is 0.135. The molecule has 2 heteroatoms. The molecule has 0 aromatic heterocycles. The zero-order valence-corrected chi connectivity index (χ0v) is 13.6. The number of likely N-dealkylation sites (tertiary alicyclic amines) is 1. The maximum atomic E-state index is 3.84. The van der Waals surface area contributed by atoms with Gasteiger partial charge in [-0.05, 0) is 55.7 Å². The van der Waals surface area contributed by atoms with Gasteiger partial charge in [0, 0.05) is 25.7 Å². The van der Waals surface area contributed by atoms with E-state index in [0.29, 0.717) is 6.04 Å². The fourth-order valence-electron chi connectivity index (χ4n) is 3.80. The smallest absolute Gasteiger partial charge is 0.0237 e. The highest BCUT2D eigenvalue weighted by molar-refractivity contribution is 5.25. The zero-order chi connectivity index (χ0) is 14.7. The van der Waals surface area contributed by atoms with Crippen LogP contribution in [0.4, 0.5) is 0 Å². The van der Waals surface area contributed by atoms with Gasteiger partial charge in [-0.3, -0.25) is 4.90 Å². The Morgan fingerprint density at radius 1 is 1.19 bits per heavy atom. The van der Waals surface area contributed by atoms with Gasteiger partial charge in [-0.1, -0.05) is 37.6 Å². The SMILES string of the molecule is Cc1ccccc1CN1CC(C)CC(NCC2CCC2)C1. The molecule has 0 bridgehead atoms. The molecule has 1 heterocycles. The van der Waals surface area contributed by atoms with E-state index in [9.17, 15) is 0 Å². The van der Waals surface area contributed by atoms with E-state index < -0.39 is 0 Å². The Labute approximate surface area is 129 Å². The quantitative estimate of drug-likeness (QED) is 0.890. The van der Waals surface area contributed by atoms with Crippen LogP contribution in [0.15, 0.2) is 24.3 Å². The predicted molar refractivity (Wildman–Crippen MR) is 89.4 cm³/mol. The van der Waals surface area contributed by atoms with Crippen LogP contribution < -0.4 is 5.32 Å². The Bertz CT molecular complexity index is 453. The first-order valence-electron chi connectivity index (χ1n) is 8.71. The largest absolute Gasteiger partial charge is 0.312 e. The topological polar surface area (TPSA) is 15.3 Å². The van der Waals surface area contributed by atoms with Gasteiger partial charge in [0.15, 0.2) is 0 Å². The molecule has 1 aromatic carbocycles. The molecule has 21 heavy (non-hydrogen) atoms. The van der Waals surface area contributed by atoms with E-state index in [1.807, 2.05) is 0 Å². The van der Waals surface area contributed by atoms with Crippen molar-refractivity contribution in [3.63, 3.8) is 0 Å². The standard InChI is InChI=1S/C19H30N2/c1-15-10-19(20-11-17-7-5-8-17)14-21(12-15)13-18-9-4-3-6-16(18)2/h3-4,6,9,15,17,19-20H,5,7-8,10-14H2,1-2H3. The molecule has 1 aliphatic carbocycles. The molecule has 1 aliphatic heterocycles. The maximum absolute atomic E-state index is 3.84. The Balaban J connectivity index is 1.53. The summed E-state index contributed by atoms with van der Waals surface area (Å²) in [6, 6.07) is 9.52. The van der Waals surface area contributed by atoms with Crippen LogP contribution in [0.5, 0.6) is 0 Å². The lowest BCUT2D eigenvalue weighted by Crippen LogP contribution is -2.49. The van der Waals surface area contributed by atoms with Crippen molar-refractivity contribution in [2.75, 3.05) is 19.6 Å². The van der Waals surface area contributed by atoms with Crippen molar-refractivity contribution in [3.8, 4) is 0 Å². The summed E-state index contributed by atoms with van der Waals surface area (Å²) in [7, 11) is 0. The molecule has 2 unspecified atom stereocenters. The van der Waals surface area contributed by atoms with Gasteiger partial charge >= 0.3 is 0 Å². The number of nitrogens with one attached hydrogen (secondary N) is 1. The van der Waals surface area contributed by atoms with Crippen LogP contribution in [0.25, 0.3) is 0 Å². The summed E-state index contributed by atoms with van der Waals surface area (Å²) in [5.41, 5.74) is 2.92. The van der Waals surface area contributed by atoms with E-state index in [4.69, 9.17) is 0 Å². The molecule has 1 saturated heterocycles. The van der Waals surface area contributed by atoms with Crippen LogP contribution in [0.3, 0.4) is 0 Å². The highest BCUT2D eigenvalue weighted by atomic mass is 15.2. The van der Waals surface area contributed by atoms with Crippen molar-refractivity contribution < 1.29 is 0 Å². The summed E-state index contributed by atoms with van der Waals surface area (Å²) in [6.45, 7) is 9.45. The lowest BCUT2D eigenvalue weighted by atomic mass is 9.85. The summed E-state index contributed by atoms with van der Waals surface area (Å²) in [6.07, 6.45) is 5.69. The van der Waals surface area contributed by atoms with Crippen LogP contribution >= 0.6 is 0 Å². The van der Waals surface area contributed by atoms with E-state index in [-0.39, 0.29) is 0 Å². The first-order chi connectivity index (χ1) is 10.2. The number of rotatable bonds is 5. The van der Waals surface area contributed by atoms with Crippen molar-refractivity contribution in [2.24, 2.45) is 11.8 Å². The second-order valence-corrected chi connectivity index (χ2v) is 7.36. The van der Waals surface area contributed by atoms with Crippen LogP contribution in [0, 0.1) is 18.8 Å². The number of piperidine rings is 1. The Kier molecular flexibility index (Phi) is 4.97. The monoisotopic (exact) mass is 286 g/mol. The van der Waals surface area contributed by atoms with Crippen molar-refractivity contribution >= 4 is 0 Å². The molecule has 1 N–H and O–H groups in total. The molecule has 1 aromatic rings. The zero-order valence-electron chi connectivity index (χ0n) is 13.6. The Hall–Kier alpha value is -0.860. The first kappa shape index (κ1) is 15.1. The van der Waals surface area contributed by atoms with E-state index >= 15 is 0 Å². The number of hydrogen-bond donors (Lipinski definition) is 1. The highest BCUT2D eigenvalue weighted by Crippen LogP contribution is 2.26. The van der Waals surface area contributed by atoms with Crippen LogP contribution in [-0.2, 0) is 6.54 Å². The molecular weight excluding hydrogens is 256 g/mol. The van der Waals surface area contributed by atoms with Gasteiger partial charge in [-0.2, -0.15) is 0 Å². The second kappa shape index (κ2) is 6.93. The third-order valence-corrected chi connectivity index (χ3v) is 5.31. The van der Waals surface area contributed by atoms with Gasteiger partial charge < -0.3 is 5.32 Å². The molecular formula is C19H30N2. The van der Waals surface area contributed by atoms with E-state index in [1.54, 1.807) is 0 Å². The van der Waals surface area contributed by atoms with Gasteiger partial charge in [0.05, 0.1) is 0 Å². The Morgan fingerprint density at radius 3 is 2.71 bits per heavy atom. The van der Waals surface area contributed by atoms with Gasteiger partial charge in [0.2, 0.25) is 0 Å². The molecule has 0 radical (unpaired) electrons. The van der Waals surface area contributed by atoms with Crippen LogP contribution in [0.1, 0.15) is 43.7 Å². The van der Waals surface area contributed by atoms with E-state index in [2.05, 4.69) is 48.3 Å². The maximum Gasteiger partial charge on any atom is 0.0237 e. The first-order valence-corrected chi connectivity index (χ1v) is 8.71. The van der Waals surface area contributed by atoms with Crippen molar-refractivity contribution in [2.45, 2.75) is 52.1 Å². The summed E-state index contributed by atoms with van der Waals surface area (Å²) in [5, 5.41) is 3.84. The predicted octanol–water partition coefficient (Wildman–Crippen LogP) is 3.60. The summed E-state index contributed by atoms with van der Waals surface area (Å²) < 4.78 is 0. The van der Waals surface area contributed by atoms with Gasteiger partial charge in [0.1, 0.15) is 0 Å². The number of aryl methyl sites for hydroxylation is 1. The van der Waals surface area contributed by atoms with Crippen LogP contribution in [0.2, 0.25) is 0 Å². The average Bonchev–Trinajstić information content (AvgIpc) is 2.39. The summed E-state index contributed by atoms with van der Waals surface area (Å²) in [5.74, 6) is 1.77. The van der Waals surface area contributed by atoms with Crippen molar-refractivity contribution in [1.82, 2.24) is 10.2 Å². The molecule has 2 aliphatic rings. The molecule has 2 nitrogen and oxygen atoms in total. The second-order valence-electron chi connectivity index (χ2n) is 7.36. The minimum atomic E-state index is 0.693. The molecule has 1 saturated carbocycles. The van der Waals surface area contributed by atoms with Crippen molar-refractivity contribution in [3.05, 3.63) is 35.4 Å². The highest BCUT2D eigenvalue weighted by Gasteiger charge is 2.26. The third-order valence-electron chi connectivity index (χ3n) is 5.31. The fourth-order valence-corrected chi connectivity index (χ4v) is 3.80. The molecule has 2 fully saturated rings. The molecule has 116 valence electrons. The van der Waals surface area contributed by atoms with Crippen molar-refractivity contribution in [1.29, 1.82) is 0 Å². The molecule has 0 spiro atoms. The normalized spacial score (nSPS) is 27.5. The van der Waals surface area contributed by atoms with E-state index in [0.717, 1.165) is 18.4 Å². The molecule has 2 atom stereocenters. The molecule has 3 rings (SSSR count). The number of nitrogens with zero attached hydrogens (tertiary/aromatic N) is 1. The molecule has 0 amide bonds.